The summed E-state index contributed by atoms with van der Waals surface area (Å²) >= 11 is 0. The lowest BCUT2D eigenvalue weighted by Gasteiger charge is -2.18. The minimum absolute atomic E-state index is 0.172. The van der Waals surface area contributed by atoms with Gasteiger partial charge in [0.15, 0.2) is 0 Å². The number of nitrogens with one attached hydrogen (secondary N) is 1. The second-order valence-electron chi connectivity index (χ2n) is 4.37. The van der Waals surface area contributed by atoms with Crippen LogP contribution in [0.5, 0.6) is 0 Å². The number of ketones is 1. The molecule has 3 rings (SSSR count). The molecule has 0 saturated heterocycles. The van der Waals surface area contributed by atoms with E-state index >= 15 is 0 Å². The second-order valence-corrected chi connectivity index (χ2v) is 4.37. The van der Waals surface area contributed by atoms with Crippen molar-refractivity contribution in [2.24, 2.45) is 0 Å². The predicted molar refractivity (Wildman–Crippen MR) is 62.7 cm³/mol. The molecule has 0 atom stereocenters. The zero-order chi connectivity index (χ0) is 11.8. The number of hydrogen-bond acceptors (Lipinski definition) is 3. The van der Waals surface area contributed by atoms with E-state index in [1.165, 1.54) is 0 Å². The molecular weight excluding hydrogens is 216 g/mol. The van der Waals surface area contributed by atoms with Gasteiger partial charge in [-0.1, -0.05) is 5.57 Å². The summed E-state index contributed by atoms with van der Waals surface area (Å²) in [5, 5.41) is 2.69. The van der Waals surface area contributed by atoms with Crippen LogP contribution in [0.1, 0.15) is 36.0 Å². The molecular formula is C13H12N2O2. The van der Waals surface area contributed by atoms with Gasteiger partial charge in [0.1, 0.15) is 5.82 Å². The average Bonchev–Trinajstić information content (AvgIpc) is 2.83. The largest absolute Gasteiger partial charge is 0.306 e. The zero-order valence-electron chi connectivity index (χ0n) is 9.32. The molecule has 1 aliphatic carbocycles. The maximum absolute atomic E-state index is 12.3. The van der Waals surface area contributed by atoms with E-state index in [1.807, 2.05) is 0 Å². The lowest BCUT2D eigenvalue weighted by Crippen LogP contribution is -2.29. The Kier molecular flexibility index (Phi) is 2.28. The van der Waals surface area contributed by atoms with E-state index in [-0.39, 0.29) is 11.7 Å². The van der Waals surface area contributed by atoms with Crippen molar-refractivity contribution in [1.29, 1.82) is 0 Å². The lowest BCUT2D eigenvalue weighted by atomic mass is 9.94. The van der Waals surface area contributed by atoms with Crippen LogP contribution < -0.4 is 5.32 Å². The maximum atomic E-state index is 12.3. The van der Waals surface area contributed by atoms with Crippen LogP contribution in [0.25, 0.3) is 0 Å². The van der Waals surface area contributed by atoms with Crippen LogP contribution in [0.2, 0.25) is 0 Å². The first-order valence-electron chi connectivity index (χ1n) is 5.80. The number of rotatable bonds is 0. The van der Waals surface area contributed by atoms with Crippen molar-refractivity contribution in [2.45, 2.75) is 25.7 Å². The second kappa shape index (κ2) is 3.80. The van der Waals surface area contributed by atoms with Crippen LogP contribution in [0.4, 0.5) is 5.82 Å². The molecule has 1 aromatic rings. The Hall–Kier alpha value is -1.97. The quantitative estimate of drug-likeness (QED) is 0.546. The number of Topliss-reactive ketones (excluding diaryl/α,β-unsaturated/α-hetero) is 1. The van der Waals surface area contributed by atoms with Crippen LogP contribution >= 0.6 is 0 Å². The van der Waals surface area contributed by atoms with Crippen molar-refractivity contribution in [3.63, 3.8) is 0 Å². The number of aromatic nitrogens is 1. The van der Waals surface area contributed by atoms with Gasteiger partial charge in [-0.25, -0.2) is 4.98 Å². The molecule has 0 aromatic carbocycles. The molecule has 1 aliphatic heterocycles. The lowest BCUT2D eigenvalue weighted by molar-refractivity contribution is -0.112. The Bertz CT molecular complexity index is 538. The van der Waals surface area contributed by atoms with Gasteiger partial charge in [-0.05, 0) is 37.8 Å². The molecule has 1 aromatic heterocycles. The highest BCUT2D eigenvalue weighted by molar-refractivity contribution is 6.34. The Morgan fingerprint density at radius 1 is 1.18 bits per heavy atom. The van der Waals surface area contributed by atoms with E-state index in [9.17, 15) is 9.59 Å². The molecule has 2 aliphatic rings. The average molecular weight is 228 g/mol. The third kappa shape index (κ3) is 1.56. The van der Waals surface area contributed by atoms with E-state index < -0.39 is 0 Å². The summed E-state index contributed by atoms with van der Waals surface area (Å²) in [5.41, 5.74) is 1.85. The summed E-state index contributed by atoms with van der Waals surface area (Å²) < 4.78 is 0. The molecule has 0 bridgehead atoms. The van der Waals surface area contributed by atoms with Gasteiger partial charge >= 0.3 is 0 Å². The molecule has 2 heterocycles. The highest BCUT2D eigenvalue weighted by Crippen LogP contribution is 2.32. The fourth-order valence-corrected chi connectivity index (χ4v) is 2.47. The standard InChI is InChI=1S/C13H12N2O2/c16-11-9-6-3-7-14-12(9)15-13(17)10(11)8-4-1-2-5-8/h3,6-7H,1-2,4-5H2,(H,14,15,17). The maximum Gasteiger partial charge on any atom is 0.260 e. The van der Waals surface area contributed by atoms with E-state index in [2.05, 4.69) is 10.3 Å². The van der Waals surface area contributed by atoms with Gasteiger partial charge in [0.05, 0.1) is 11.1 Å². The van der Waals surface area contributed by atoms with Gasteiger partial charge in [-0.3, -0.25) is 9.59 Å². The van der Waals surface area contributed by atoms with Gasteiger partial charge in [-0.2, -0.15) is 0 Å². The molecule has 0 spiro atoms. The van der Waals surface area contributed by atoms with Crippen molar-refractivity contribution in [3.8, 4) is 0 Å². The van der Waals surface area contributed by atoms with E-state index in [0.29, 0.717) is 17.0 Å². The fourth-order valence-electron chi connectivity index (χ4n) is 2.47. The number of anilines is 1. The first kappa shape index (κ1) is 10.2. The summed E-state index contributed by atoms with van der Waals surface area (Å²) in [6.45, 7) is 0. The zero-order valence-corrected chi connectivity index (χ0v) is 9.32. The van der Waals surface area contributed by atoms with Crippen LogP contribution in [0.3, 0.4) is 0 Å². The van der Waals surface area contributed by atoms with Crippen LogP contribution in [0, 0.1) is 0 Å². The van der Waals surface area contributed by atoms with Crippen molar-refractivity contribution in [2.75, 3.05) is 5.32 Å². The highest BCUT2D eigenvalue weighted by atomic mass is 16.2. The molecule has 86 valence electrons. The smallest absolute Gasteiger partial charge is 0.260 e. The predicted octanol–water partition coefficient (Wildman–Crippen LogP) is 2.09. The van der Waals surface area contributed by atoms with Crippen molar-refractivity contribution >= 4 is 17.5 Å². The van der Waals surface area contributed by atoms with E-state index in [1.54, 1.807) is 18.3 Å². The molecule has 17 heavy (non-hydrogen) atoms. The van der Waals surface area contributed by atoms with Crippen molar-refractivity contribution in [3.05, 3.63) is 35.0 Å². The summed E-state index contributed by atoms with van der Waals surface area (Å²) in [6, 6.07) is 3.42. The molecule has 4 heteroatoms. The van der Waals surface area contributed by atoms with E-state index in [4.69, 9.17) is 0 Å². The number of allylic oxidation sites excluding steroid dienone is 1. The number of carbonyl (C=O) groups excluding carboxylic acids is 2. The minimum atomic E-state index is -0.293. The number of pyridine rings is 1. The normalized spacial score (nSPS) is 19.3. The van der Waals surface area contributed by atoms with Crippen molar-refractivity contribution in [1.82, 2.24) is 4.98 Å². The van der Waals surface area contributed by atoms with Gasteiger partial charge in [0.2, 0.25) is 5.78 Å². The van der Waals surface area contributed by atoms with E-state index in [0.717, 1.165) is 31.3 Å². The number of fused-ring (bicyclic) bond motifs is 1. The summed E-state index contributed by atoms with van der Waals surface area (Å²) in [6.07, 6.45) is 5.44. The molecule has 1 amide bonds. The fraction of sp³-hybridized carbons (Fsp3) is 0.308. The molecule has 1 saturated carbocycles. The summed E-state index contributed by atoms with van der Waals surface area (Å²) in [5.74, 6) is -0.0864. The molecule has 1 N–H and O–H groups in total. The Balaban J connectivity index is 2.13. The first-order chi connectivity index (χ1) is 8.27. The third-order valence-corrected chi connectivity index (χ3v) is 3.30. The SMILES string of the molecule is O=C1Nc2ncccc2C(=O)C1=C1CCCC1. The summed E-state index contributed by atoms with van der Waals surface area (Å²) in [7, 11) is 0. The Morgan fingerprint density at radius 3 is 2.71 bits per heavy atom. The molecule has 0 radical (unpaired) electrons. The van der Waals surface area contributed by atoms with Crippen LogP contribution in [-0.2, 0) is 4.79 Å². The van der Waals surface area contributed by atoms with Crippen LogP contribution in [0.15, 0.2) is 29.5 Å². The minimum Gasteiger partial charge on any atom is -0.306 e. The summed E-state index contributed by atoms with van der Waals surface area (Å²) in [4.78, 5) is 28.2. The Morgan fingerprint density at radius 2 is 1.94 bits per heavy atom. The molecule has 0 unspecified atom stereocenters. The van der Waals surface area contributed by atoms with Gasteiger partial charge in [-0.15, -0.1) is 0 Å². The molecule has 1 fully saturated rings. The Labute approximate surface area is 98.7 Å². The topological polar surface area (TPSA) is 59.1 Å². The number of nitrogens with zero attached hydrogens (tertiary/aromatic N) is 1. The highest BCUT2D eigenvalue weighted by Gasteiger charge is 2.32. The number of amides is 1. The molecule has 4 nitrogen and oxygen atoms in total. The first-order valence-corrected chi connectivity index (χ1v) is 5.80. The van der Waals surface area contributed by atoms with Gasteiger partial charge in [0.25, 0.3) is 5.91 Å². The van der Waals surface area contributed by atoms with Gasteiger partial charge in [0, 0.05) is 6.20 Å². The van der Waals surface area contributed by atoms with Crippen molar-refractivity contribution < 1.29 is 9.59 Å². The number of carbonyl (C=O) groups is 2. The number of hydrogen-bond donors (Lipinski definition) is 1. The third-order valence-electron chi connectivity index (χ3n) is 3.30. The van der Waals surface area contributed by atoms with Gasteiger partial charge < -0.3 is 5.32 Å². The monoisotopic (exact) mass is 228 g/mol. The van der Waals surface area contributed by atoms with Crippen LogP contribution in [-0.4, -0.2) is 16.7 Å².